The Hall–Kier alpha value is -1.06. The topological polar surface area (TPSA) is 43.7 Å². The first-order valence-corrected chi connectivity index (χ1v) is 5.57. The minimum atomic E-state index is -0.708. The standard InChI is InChI=1S/C13H21NO2/c1-8-6-10(3)13(7-9(8)2)14(11(4)15)12(5)16/h6-7,11-12,15-16H,1-5H3. The lowest BCUT2D eigenvalue weighted by Crippen LogP contribution is -2.40. The van der Waals surface area contributed by atoms with E-state index in [-0.39, 0.29) is 0 Å². The molecule has 3 heteroatoms. The number of rotatable bonds is 3. The highest BCUT2D eigenvalue weighted by Gasteiger charge is 2.19. The first-order chi connectivity index (χ1) is 7.34. The van der Waals surface area contributed by atoms with Crippen molar-refractivity contribution in [1.82, 2.24) is 0 Å². The zero-order chi connectivity index (χ0) is 12.5. The molecule has 0 saturated heterocycles. The molecule has 0 spiro atoms. The van der Waals surface area contributed by atoms with Crippen LogP contribution in [0.25, 0.3) is 0 Å². The zero-order valence-electron chi connectivity index (χ0n) is 10.7. The smallest absolute Gasteiger partial charge is 0.126 e. The number of hydrogen-bond donors (Lipinski definition) is 2. The number of hydrogen-bond acceptors (Lipinski definition) is 3. The van der Waals surface area contributed by atoms with Crippen LogP contribution in [0.3, 0.4) is 0 Å². The van der Waals surface area contributed by atoms with Crippen molar-refractivity contribution in [1.29, 1.82) is 0 Å². The molecule has 1 aromatic rings. The third-order valence-corrected chi connectivity index (χ3v) is 2.90. The minimum absolute atomic E-state index is 0.708. The van der Waals surface area contributed by atoms with Crippen molar-refractivity contribution in [2.75, 3.05) is 4.90 Å². The summed E-state index contributed by atoms with van der Waals surface area (Å²) in [7, 11) is 0. The second-order valence-corrected chi connectivity index (χ2v) is 4.39. The third kappa shape index (κ3) is 2.54. The van der Waals surface area contributed by atoms with Gasteiger partial charge in [0, 0.05) is 5.69 Å². The lowest BCUT2D eigenvalue weighted by molar-refractivity contribution is 0.105. The predicted molar refractivity (Wildman–Crippen MR) is 66.5 cm³/mol. The summed E-state index contributed by atoms with van der Waals surface area (Å²) in [4.78, 5) is 1.60. The molecule has 0 aromatic heterocycles. The average molecular weight is 223 g/mol. The summed E-state index contributed by atoms with van der Waals surface area (Å²) < 4.78 is 0. The van der Waals surface area contributed by atoms with Crippen molar-refractivity contribution < 1.29 is 10.2 Å². The molecule has 0 fully saturated rings. The van der Waals surface area contributed by atoms with Crippen LogP contribution >= 0.6 is 0 Å². The molecule has 0 aliphatic heterocycles. The van der Waals surface area contributed by atoms with E-state index >= 15 is 0 Å². The SMILES string of the molecule is Cc1cc(C)c(N(C(C)O)C(C)O)cc1C. The fourth-order valence-corrected chi connectivity index (χ4v) is 1.94. The number of aliphatic hydroxyl groups is 2. The van der Waals surface area contributed by atoms with Crippen LogP contribution in [0.15, 0.2) is 12.1 Å². The van der Waals surface area contributed by atoms with Gasteiger partial charge in [-0.1, -0.05) is 6.07 Å². The fraction of sp³-hybridized carbons (Fsp3) is 0.538. The number of benzene rings is 1. The maximum atomic E-state index is 9.69. The Morgan fingerprint density at radius 1 is 0.875 bits per heavy atom. The van der Waals surface area contributed by atoms with Crippen molar-refractivity contribution >= 4 is 5.69 Å². The van der Waals surface area contributed by atoms with E-state index in [0.717, 1.165) is 16.8 Å². The second-order valence-electron chi connectivity index (χ2n) is 4.39. The van der Waals surface area contributed by atoms with Crippen LogP contribution in [-0.4, -0.2) is 22.7 Å². The first kappa shape index (κ1) is 13.0. The average Bonchev–Trinajstić information content (AvgIpc) is 2.12. The van der Waals surface area contributed by atoms with Gasteiger partial charge in [-0.25, -0.2) is 0 Å². The number of nitrogens with zero attached hydrogens (tertiary/aromatic N) is 1. The first-order valence-electron chi connectivity index (χ1n) is 5.57. The van der Waals surface area contributed by atoms with Gasteiger partial charge in [-0.15, -0.1) is 0 Å². The van der Waals surface area contributed by atoms with Gasteiger partial charge in [-0.3, -0.25) is 0 Å². The Bertz CT molecular complexity index is 364. The highest BCUT2D eigenvalue weighted by Crippen LogP contribution is 2.26. The van der Waals surface area contributed by atoms with E-state index in [2.05, 4.69) is 13.0 Å². The van der Waals surface area contributed by atoms with Crippen molar-refractivity contribution in [2.45, 2.75) is 47.1 Å². The van der Waals surface area contributed by atoms with E-state index in [1.807, 2.05) is 19.9 Å². The second kappa shape index (κ2) is 4.85. The summed E-state index contributed by atoms with van der Waals surface area (Å²) in [5.74, 6) is 0. The van der Waals surface area contributed by atoms with Gasteiger partial charge in [-0.2, -0.15) is 0 Å². The molecule has 2 atom stereocenters. The van der Waals surface area contributed by atoms with Crippen molar-refractivity contribution in [3.8, 4) is 0 Å². The minimum Gasteiger partial charge on any atom is -0.374 e. The van der Waals surface area contributed by atoms with Gasteiger partial charge in [-0.05, 0) is 57.4 Å². The number of aryl methyl sites for hydroxylation is 3. The molecule has 0 aliphatic rings. The summed E-state index contributed by atoms with van der Waals surface area (Å²) in [6.07, 6.45) is -1.42. The van der Waals surface area contributed by atoms with E-state index in [4.69, 9.17) is 0 Å². The lowest BCUT2D eigenvalue weighted by atomic mass is 10.0. The summed E-state index contributed by atoms with van der Waals surface area (Å²) >= 11 is 0. The largest absolute Gasteiger partial charge is 0.374 e. The molecule has 0 amide bonds. The molecule has 2 N–H and O–H groups in total. The summed E-state index contributed by atoms with van der Waals surface area (Å²) in [5.41, 5.74) is 4.32. The molecule has 0 bridgehead atoms. The Balaban J connectivity index is 3.24. The van der Waals surface area contributed by atoms with Crippen molar-refractivity contribution in [3.05, 3.63) is 28.8 Å². The van der Waals surface area contributed by atoms with Crippen LogP contribution in [0.1, 0.15) is 30.5 Å². The molecule has 0 heterocycles. The van der Waals surface area contributed by atoms with Crippen LogP contribution in [0.2, 0.25) is 0 Å². The fourth-order valence-electron chi connectivity index (χ4n) is 1.94. The van der Waals surface area contributed by atoms with E-state index in [1.165, 1.54) is 5.56 Å². The van der Waals surface area contributed by atoms with Gasteiger partial charge >= 0.3 is 0 Å². The van der Waals surface area contributed by atoms with E-state index < -0.39 is 12.5 Å². The van der Waals surface area contributed by atoms with Gasteiger partial charge < -0.3 is 15.1 Å². The van der Waals surface area contributed by atoms with Crippen LogP contribution in [0, 0.1) is 20.8 Å². The molecular formula is C13H21NO2. The molecule has 3 nitrogen and oxygen atoms in total. The normalized spacial score (nSPS) is 14.7. The number of aliphatic hydroxyl groups excluding tert-OH is 2. The van der Waals surface area contributed by atoms with Crippen LogP contribution in [-0.2, 0) is 0 Å². The summed E-state index contributed by atoms with van der Waals surface area (Å²) in [6.45, 7) is 9.38. The Labute approximate surface area is 97.3 Å². The monoisotopic (exact) mass is 223 g/mol. The molecule has 1 aromatic carbocycles. The molecule has 1 rings (SSSR count). The molecule has 0 saturated carbocycles. The zero-order valence-corrected chi connectivity index (χ0v) is 10.7. The Kier molecular flexibility index (Phi) is 3.94. The van der Waals surface area contributed by atoms with Crippen LogP contribution < -0.4 is 4.90 Å². The quantitative estimate of drug-likeness (QED) is 0.771. The van der Waals surface area contributed by atoms with Crippen LogP contribution in [0.4, 0.5) is 5.69 Å². The molecule has 0 radical (unpaired) electrons. The van der Waals surface area contributed by atoms with Gasteiger partial charge in [0.05, 0.1) is 0 Å². The van der Waals surface area contributed by atoms with Gasteiger partial charge in [0.15, 0.2) is 0 Å². The van der Waals surface area contributed by atoms with Crippen LogP contribution in [0.5, 0.6) is 0 Å². The van der Waals surface area contributed by atoms with E-state index in [0.29, 0.717) is 0 Å². The lowest BCUT2D eigenvalue weighted by Gasteiger charge is -2.32. The maximum absolute atomic E-state index is 9.69. The summed E-state index contributed by atoms with van der Waals surface area (Å²) in [5, 5.41) is 19.4. The van der Waals surface area contributed by atoms with Gasteiger partial charge in [0.1, 0.15) is 12.5 Å². The van der Waals surface area contributed by atoms with Gasteiger partial charge in [0.2, 0.25) is 0 Å². The molecular weight excluding hydrogens is 202 g/mol. The maximum Gasteiger partial charge on any atom is 0.126 e. The van der Waals surface area contributed by atoms with Crippen molar-refractivity contribution in [2.24, 2.45) is 0 Å². The highest BCUT2D eigenvalue weighted by atomic mass is 16.3. The van der Waals surface area contributed by atoms with Gasteiger partial charge in [0.25, 0.3) is 0 Å². The molecule has 0 aliphatic carbocycles. The molecule has 90 valence electrons. The Morgan fingerprint density at radius 2 is 1.31 bits per heavy atom. The number of anilines is 1. The third-order valence-electron chi connectivity index (χ3n) is 2.90. The molecule has 16 heavy (non-hydrogen) atoms. The predicted octanol–water partition coefficient (Wildman–Crippen LogP) is 2.09. The van der Waals surface area contributed by atoms with E-state index in [1.54, 1.807) is 18.7 Å². The van der Waals surface area contributed by atoms with E-state index in [9.17, 15) is 10.2 Å². The summed E-state index contributed by atoms with van der Waals surface area (Å²) in [6, 6.07) is 4.08. The Morgan fingerprint density at radius 3 is 1.75 bits per heavy atom. The highest BCUT2D eigenvalue weighted by molar-refractivity contribution is 5.57. The molecule has 2 unspecified atom stereocenters. The van der Waals surface area contributed by atoms with Crippen molar-refractivity contribution in [3.63, 3.8) is 0 Å².